The Kier molecular flexibility index (Phi) is 6.71. The van der Waals surface area contributed by atoms with Gasteiger partial charge in [-0.2, -0.15) is 0 Å². The van der Waals surface area contributed by atoms with Crippen LogP contribution in [0.4, 0.5) is 0 Å². The number of pyridine rings is 1. The van der Waals surface area contributed by atoms with Gasteiger partial charge in [-0.05, 0) is 61.6 Å². The lowest BCUT2D eigenvalue weighted by molar-refractivity contribution is 0.191. The maximum Gasteiger partial charge on any atom is 0.184 e. The third-order valence-corrected chi connectivity index (χ3v) is 8.47. The number of aromatic nitrogens is 2. The quantitative estimate of drug-likeness (QED) is 0.474. The molecule has 0 amide bonds. The van der Waals surface area contributed by atoms with E-state index in [9.17, 15) is 8.42 Å². The van der Waals surface area contributed by atoms with E-state index in [1.165, 1.54) is 11.1 Å². The zero-order chi connectivity index (χ0) is 24.7. The molecule has 0 saturated heterocycles. The predicted molar refractivity (Wildman–Crippen MR) is 133 cm³/mol. The molecule has 0 unspecified atom stereocenters. The van der Waals surface area contributed by atoms with Gasteiger partial charge in [0.2, 0.25) is 0 Å². The lowest BCUT2D eigenvalue weighted by atomic mass is 9.90. The summed E-state index contributed by atoms with van der Waals surface area (Å²) in [6, 6.07) is 10.0. The van der Waals surface area contributed by atoms with Crippen LogP contribution in [0.25, 0.3) is 0 Å². The fourth-order valence-electron chi connectivity index (χ4n) is 4.65. The molecule has 1 atom stereocenters. The minimum absolute atomic E-state index is 0.160. The molecule has 0 fully saturated rings. The molecule has 0 bridgehead atoms. The van der Waals surface area contributed by atoms with Crippen molar-refractivity contribution in [1.29, 1.82) is 0 Å². The van der Waals surface area contributed by atoms with E-state index in [4.69, 9.17) is 4.52 Å². The largest absolute Gasteiger partial charge is 0.360 e. The summed E-state index contributed by atoms with van der Waals surface area (Å²) in [7, 11) is -3.55. The van der Waals surface area contributed by atoms with Crippen molar-refractivity contribution in [2.75, 3.05) is 6.54 Å². The Labute approximate surface area is 203 Å². The van der Waals surface area contributed by atoms with Crippen LogP contribution in [-0.4, -0.2) is 30.0 Å². The molecular weight excluding hydrogens is 446 g/mol. The zero-order valence-electron chi connectivity index (χ0n) is 21.1. The molecule has 1 aliphatic rings. The van der Waals surface area contributed by atoms with E-state index in [1.54, 1.807) is 6.07 Å². The smallest absolute Gasteiger partial charge is 0.184 e. The van der Waals surface area contributed by atoms with Gasteiger partial charge in [-0.15, -0.1) is 0 Å². The van der Waals surface area contributed by atoms with Gasteiger partial charge in [0.05, 0.1) is 4.90 Å². The molecule has 34 heavy (non-hydrogen) atoms. The van der Waals surface area contributed by atoms with Crippen molar-refractivity contribution in [1.82, 2.24) is 15.0 Å². The van der Waals surface area contributed by atoms with Crippen molar-refractivity contribution in [2.24, 2.45) is 0 Å². The molecule has 2 aromatic heterocycles. The van der Waals surface area contributed by atoms with Gasteiger partial charge in [0, 0.05) is 42.0 Å². The first kappa shape index (κ1) is 24.6. The first-order chi connectivity index (χ1) is 16.0. The van der Waals surface area contributed by atoms with Crippen molar-refractivity contribution < 1.29 is 12.9 Å². The van der Waals surface area contributed by atoms with Crippen molar-refractivity contribution in [3.8, 4) is 0 Å². The van der Waals surface area contributed by atoms with Crippen LogP contribution in [0.5, 0.6) is 0 Å². The van der Waals surface area contributed by atoms with Crippen molar-refractivity contribution >= 4 is 9.84 Å². The summed E-state index contributed by atoms with van der Waals surface area (Å²) in [6.07, 6.45) is 3.79. The Bertz CT molecular complexity index is 1270. The van der Waals surface area contributed by atoms with Gasteiger partial charge in [0.1, 0.15) is 17.2 Å². The summed E-state index contributed by atoms with van der Waals surface area (Å²) < 4.78 is 32.1. The van der Waals surface area contributed by atoms with E-state index < -0.39 is 9.84 Å². The van der Waals surface area contributed by atoms with Gasteiger partial charge in [0.15, 0.2) is 9.84 Å². The van der Waals surface area contributed by atoms with E-state index in [2.05, 4.69) is 41.0 Å². The Morgan fingerprint density at radius 2 is 1.91 bits per heavy atom. The summed E-state index contributed by atoms with van der Waals surface area (Å²) in [4.78, 5) is 7.28. The number of hydrogen-bond acceptors (Lipinski definition) is 6. The Balaban J connectivity index is 1.55. The molecule has 7 heteroatoms. The van der Waals surface area contributed by atoms with Crippen molar-refractivity contribution in [2.45, 2.75) is 83.0 Å². The van der Waals surface area contributed by atoms with E-state index in [1.807, 2.05) is 46.0 Å². The first-order valence-electron chi connectivity index (χ1n) is 12.0. The summed E-state index contributed by atoms with van der Waals surface area (Å²) in [5, 5.41) is 4.09. The van der Waals surface area contributed by atoms with Crippen molar-refractivity contribution in [3.63, 3.8) is 0 Å². The highest BCUT2D eigenvalue weighted by Gasteiger charge is 2.28. The highest BCUT2D eigenvalue weighted by Crippen LogP contribution is 2.31. The molecule has 3 heterocycles. The second-order valence-electron chi connectivity index (χ2n) is 10.4. The van der Waals surface area contributed by atoms with Crippen LogP contribution >= 0.6 is 0 Å². The lowest BCUT2D eigenvalue weighted by Gasteiger charge is -2.34. The normalized spacial score (nSPS) is 15.8. The van der Waals surface area contributed by atoms with Crippen LogP contribution in [0.2, 0.25) is 0 Å². The van der Waals surface area contributed by atoms with Crippen LogP contribution in [-0.2, 0) is 40.4 Å². The van der Waals surface area contributed by atoms with E-state index in [0.29, 0.717) is 17.1 Å². The molecule has 1 aromatic carbocycles. The standard InChI is InChI=1S/C27H35N3O3S/c1-7-23-10-8-21(15-28-23)19(3)30-13-12-20-9-11-24(14-22(20)16-30)34(31,32)17-25-18(2)26(33-29-25)27(4,5)6/h8-11,14-15,19H,7,12-13,16-17H2,1-6H3/t19-/m1/s1. The van der Waals surface area contributed by atoms with Crippen LogP contribution in [0.1, 0.15) is 80.1 Å². The second-order valence-corrected chi connectivity index (χ2v) is 12.3. The summed E-state index contributed by atoms with van der Waals surface area (Å²) in [5.74, 6) is 0.571. The Morgan fingerprint density at radius 3 is 2.53 bits per heavy atom. The number of benzene rings is 1. The molecular formula is C27H35N3O3S. The predicted octanol–water partition coefficient (Wildman–Crippen LogP) is 5.33. The fraction of sp³-hybridized carbons (Fsp3) is 0.481. The van der Waals surface area contributed by atoms with Crippen LogP contribution in [0.3, 0.4) is 0 Å². The molecule has 0 N–H and O–H groups in total. The average Bonchev–Trinajstić information content (AvgIpc) is 3.17. The monoisotopic (exact) mass is 481 g/mol. The minimum atomic E-state index is -3.55. The third kappa shape index (κ3) is 4.96. The van der Waals surface area contributed by atoms with Crippen LogP contribution < -0.4 is 0 Å². The summed E-state index contributed by atoms with van der Waals surface area (Å²) in [5.41, 5.74) is 5.64. The fourth-order valence-corrected chi connectivity index (χ4v) is 6.04. The maximum absolute atomic E-state index is 13.3. The lowest BCUT2D eigenvalue weighted by Crippen LogP contribution is -2.33. The highest BCUT2D eigenvalue weighted by molar-refractivity contribution is 7.90. The molecule has 0 radical (unpaired) electrons. The number of hydrogen-bond donors (Lipinski definition) is 0. The molecule has 6 nitrogen and oxygen atoms in total. The number of nitrogens with zero attached hydrogens (tertiary/aromatic N) is 3. The van der Waals surface area contributed by atoms with Crippen molar-refractivity contribution in [3.05, 3.63) is 75.9 Å². The van der Waals surface area contributed by atoms with Gasteiger partial charge >= 0.3 is 0 Å². The molecule has 1 aliphatic heterocycles. The maximum atomic E-state index is 13.3. The SMILES string of the molecule is CCc1ccc([C@@H](C)N2CCc3ccc(S(=O)(=O)Cc4noc(C(C)(C)C)c4C)cc3C2)cn1. The number of rotatable bonds is 6. The van der Waals surface area contributed by atoms with Gasteiger partial charge < -0.3 is 4.52 Å². The Morgan fingerprint density at radius 1 is 1.15 bits per heavy atom. The minimum Gasteiger partial charge on any atom is -0.360 e. The van der Waals surface area contributed by atoms with Gasteiger partial charge in [0.25, 0.3) is 0 Å². The average molecular weight is 482 g/mol. The second kappa shape index (κ2) is 9.27. The third-order valence-electron chi connectivity index (χ3n) is 6.85. The molecule has 182 valence electrons. The van der Waals surface area contributed by atoms with Gasteiger partial charge in [-0.3, -0.25) is 9.88 Å². The van der Waals surface area contributed by atoms with Gasteiger partial charge in [-0.1, -0.05) is 45.0 Å². The first-order valence-corrected chi connectivity index (χ1v) is 13.6. The number of sulfone groups is 1. The van der Waals surface area contributed by atoms with E-state index >= 15 is 0 Å². The van der Waals surface area contributed by atoms with Gasteiger partial charge in [-0.25, -0.2) is 8.42 Å². The molecule has 0 spiro atoms. The van der Waals surface area contributed by atoms with Crippen LogP contribution in [0, 0.1) is 6.92 Å². The van der Waals surface area contributed by atoms with E-state index in [-0.39, 0.29) is 17.2 Å². The van der Waals surface area contributed by atoms with E-state index in [0.717, 1.165) is 42.0 Å². The molecule has 0 saturated carbocycles. The number of aryl methyl sites for hydroxylation is 1. The molecule has 3 aromatic rings. The molecule has 0 aliphatic carbocycles. The summed E-state index contributed by atoms with van der Waals surface area (Å²) >= 11 is 0. The summed E-state index contributed by atoms with van der Waals surface area (Å²) in [6.45, 7) is 13.9. The zero-order valence-corrected chi connectivity index (χ0v) is 21.9. The topological polar surface area (TPSA) is 76.3 Å². The highest BCUT2D eigenvalue weighted by atomic mass is 32.2. The number of fused-ring (bicyclic) bond motifs is 1. The van der Waals surface area contributed by atoms with Crippen LogP contribution in [0.15, 0.2) is 45.9 Å². The molecule has 4 rings (SSSR count). The Hall–Kier alpha value is -2.51.